The van der Waals surface area contributed by atoms with E-state index >= 15 is 0 Å². The highest BCUT2D eigenvalue weighted by atomic mass is 127. The van der Waals surface area contributed by atoms with Gasteiger partial charge < -0.3 is 20.5 Å². The number of halogens is 1. The lowest BCUT2D eigenvalue weighted by Gasteiger charge is -2.14. The minimum absolute atomic E-state index is 0. The number of aliphatic imine (C=N–C) groups is 1. The quantitative estimate of drug-likeness (QED) is 0.254. The molecule has 3 N–H and O–H groups in total. The summed E-state index contributed by atoms with van der Waals surface area (Å²) in [7, 11) is 1.64. The molecule has 1 fully saturated rings. The molecule has 0 aromatic carbocycles. The first-order valence-electron chi connectivity index (χ1n) is 7.49. The number of urea groups is 1. The molecule has 9 nitrogen and oxygen atoms in total. The van der Waals surface area contributed by atoms with Crippen molar-refractivity contribution < 1.29 is 14.1 Å². The maximum absolute atomic E-state index is 11.4. The van der Waals surface area contributed by atoms with Gasteiger partial charge in [-0.2, -0.15) is 0 Å². The number of amides is 3. The number of imide groups is 1. The summed E-state index contributed by atoms with van der Waals surface area (Å²) in [5, 5.41) is 12.6. The molecule has 0 aliphatic carbocycles. The number of hydrogen-bond acceptors (Lipinski definition) is 5. The molecule has 0 spiro atoms. The van der Waals surface area contributed by atoms with Gasteiger partial charge in [-0.15, -0.1) is 24.0 Å². The molecule has 1 aliphatic heterocycles. The highest BCUT2D eigenvalue weighted by Gasteiger charge is 2.27. The fraction of sp³-hybridized carbons (Fsp3) is 0.571. The maximum Gasteiger partial charge on any atom is 0.324 e. The molecule has 0 radical (unpaired) electrons. The average molecular weight is 450 g/mol. The van der Waals surface area contributed by atoms with Crippen molar-refractivity contribution in [2.75, 3.05) is 26.7 Å². The van der Waals surface area contributed by atoms with Crippen LogP contribution in [0.15, 0.2) is 15.6 Å². The van der Waals surface area contributed by atoms with Gasteiger partial charge in [0, 0.05) is 26.2 Å². The average Bonchev–Trinajstić information content (AvgIpc) is 3.12. The van der Waals surface area contributed by atoms with Crippen LogP contribution in [0.1, 0.15) is 31.2 Å². The Balaban J connectivity index is 0.00000288. The monoisotopic (exact) mass is 450 g/mol. The first-order chi connectivity index (χ1) is 11.0. The lowest BCUT2D eigenvalue weighted by Crippen LogP contribution is -2.42. The molecular formula is C14H23IN6O3. The Morgan fingerprint density at radius 2 is 2.21 bits per heavy atom. The summed E-state index contributed by atoms with van der Waals surface area (Å²) in [4.78, 5) is 28.1. The van der Waals surface area contributed by atoms with Gasteiger partial charge in [-0.05, 0) is 5.92 Å². The van der Waals surface area contributed by atoms with Crippen molar-refractivity contribution in [3.63, 3.8) is 0 Å². The van der Waals surface area contributed by atoms with Gasteiger partial charge in [-0.25, -0.2) is 4.79 Å². The Kier molecular flexibility index (Phi) is 7.95. The summed E-state index contributed by atoms with van der Waals surface area (Å²) in [6, 6.07) is 1.54. The van der Waals surface area contributed by atoms with Gasteiger partial charge in [-0.3, -0.25) is 14.7 Å². The third kappa shape index (κ3) is 5.35. The molecule has 2 rings (SSSR count). The second-order valence-corrected chi connectivity index (χ2v) is 5.43. The van der Waals surface area contributed by atoms with Crippen LogP contribution in [0.4, 0.5) is 4.79 Å². The van der Waals surface area contributed by atoms with Gasteiger partial charge in [0.1, 0.15) is 0 Å². The molecule has 0 saturated carbocycles. The van der Waals surface area contributed by atoms with E-state index in [0.29, 0.717) is 30.7 Å². The van der Waals surface area contributed by atoms with Crippen molar-refractivity contribution in [3.8, 4) is 0 Å². The molecule has 0 unspecified atom stereocenters. The predicted octanol–water partition coefficient (Wildman–Crippen LogP) is 0.633. The number of carbonyl (C=O) groups is 2. The van der Waals surface area contributed by atoms with E-state index in [4.69, 9.17) is 4.52 Å². The van der Waals surface area contributed by atoms with Crippen LogP contribution < -0.4 is 16.0 Å². The van der Waals surface area contributed by atoms with Crippen molar-refractivity contribution >= 4 is 41.9 Å². The van der Waals surface area contributed by atoms with Gasteiger partial charge in [0.25, 0.3) is 0 Å². The smallest absolute Gasteiger partial charge is 0.324 e. The molecule has 1 aromatic heterocycles. The summed E-state index contributed by atoms with van der Waals surface area (Å²) >= 11 is 0. The van der Waals surface area contributed by atoms with E-state index < -0.39 is 0 Å². The largest absolute Gasteiger partial charge is 0.359 e. The molecule has 134 valence electrons. The van der Waals surface area contributed by atoms with Crippen LogP contribution >= 0.6 is 24.0 Å². The third-order valence-corrected chi connectivity index (χ3v) is 3.39. The lowest BCUT2D eigenvalue weighted by molar-refractivity contribution is -0.124. The molecule has 1 saturated heterocycles. The van der Waals surface area contributed by atoms with E-state index in [0.717, 1.165) is 5.69 Å². The fourth-order valence-corrected chi connectivity index (χ4v) is 2.04. The van der Waals surface area contributed by atoms with Crippen molar-refractivity contribution in [1.29, 1.82) is 0 Å². The SMILES string of the molecule is CN=C(NCCN1C(=O)CNC1=O)NCc1cc(C(C)C)no1.I. The first-order valence-corrected chi connectivity index (χ1v) is 7.49. The fourth-order valence-electron chi connectivity index (χ4n) is 2.04. The van der Waals surface area contributed by atoms with Crippen LogP contribution in [0.3, 0.4) is 0 Å². The molecule has 10 heteroatoms. The lowest BCUT2D eigenvalue weighted by atomic mass is 10.1. The van der Waals surface area contributed by atoms with E-state index in [1.807, 2.05) is 19.9 Å². The zero-order valence-corrected chi connectivity index (χ0v) is 16.3. The number of aromatic nitrogens is 1. The Bertz CT molecular complexity index is 585. The Morgan fingerprint density at radius 1 is 1.46 bits per heavy atom. The maximum atomic E-state index is 11.4. The van der Waals surface area contributed by atoms with Crippen LogP contribution in [-0.4, -0.2) is 54.6 Å². The summed E-state index contributed by atoms with van der Waals surface area (Å²) in [5.41, 5.74) is 0.906. The summed E-state index contributed by atoms with van der Waals surface area (Å²) in [6.07, 6.45) is 0. The molecule has 0 bridgehead atoms. The van der Waals surface area contributed by atoms with E-state index in [1.54, 1.807) is 7.05 Å². The Labute approximate surface area is 157 Å². The minimum atomic E-state index is -0.359. The second-order valence-electron chi connectivity index (χ2n) is 5.43. The van der Waals surface area contributed by atoms with Crippen LogP contribution in [0.25, 0.3) is 0 Å². The molecule has 0 atom stereocenters. The van der Waals surface area contributed by atoms with Gasteiger partial charge in [0.15, 0.2) is 11.7 Å². The Hall–Kier alpha value is -1.85. The highest BCUT2D eigenvalue weighted by Crippen LogP contribution is 2.13. The molecular weight excluding hydrogens is 427 g/mol. The van der Waals surface area contributed by atoms with Crippen LogP contribution in [-0.2, 0) is 11.3 Å². The highest BCUT2D eigenvalue weighted by molar-refractivity contribution is 14.0. The normalized spacial score (nSPS) is 14.7. The zero-order valence-electron chi connectivity index (χ0n) is 14.0. The second kappa shape index (κ2) is 9.45. The predicted molar refractivity (Wildman–Crippen MR) is 99.3 cm³/mol. The molecule has 1 aromatic rings. The van der Waals surface area contributed by atoms with Gasteiger partial charge in [0.2, 0.25) is 5.91 Å². The summed E-state index contributed by atoms with van der Waals surface area (Å²) in [6.45, 7) is 5.30. The number of rotatable bonds is 6. The molecule has 1 aliphatic rings. The summed E-state index contributed by atoms with van der Waals surface area (Å²) < 4.78 is 5.23. The van der Waals surface area contributed by atoms with Crippen LogP contribution in [0, 0.1) is 0 Å². The standard InChI is InChI=1S/C14H22N6O3.HI/c1-9(2)11-6-10(23-19-11)7-17-13(15-3)16-4-5-20-12(21)8-18-14(20)22;/h6,9H,4-5,7-8H2,1-3H3,(H,18,22)(H2,15,16,17);1H. The van der Waals surface area contributed by atoms with Gasteiger partial charge in [0.05, 0.1) is 18.8 Å². The van der Waals surface area contributed by atoms with E-state index in [9.17, 15) is 9.59 Å². The molecule has 3 amide bonds. The zero-order chi connectivity index (χ0) is 16.8. The number of nitrogens with zero attached hydrogens (tertiary/aromatic N) is 3. The van der Waals surface area contributed by atoms with Crippen LogP contribution in [0.2, 0.25) is 0 Å². The van der Waals surface area contributed by atoms with Gasteiger partial charge in [-0.1, -0.05) is 19.0 Å². The third-order valence-electron chi connectivity index (χ3n) is 3.39. The number of nitrogens with one attached hydrogen (secondary N) is 3. The number of hydrogen-bond donors (Lipinski definition) is 3. The van der Waals surface area contributed by atoms with E-state index in [-0.39, 0.29) is 49.0 Å². The Morgan fingerprint density at radius 3 is 2.75 bits per heavy atom. The van der Waals surface area contributed by atoms with E-state index in [2.05, 4.69) is 26.1 Å². The number of carbonyl (C=O) groups excluding carboxylic acids is 2. The number of guanidine groups is 1. The molecule has 24 heavy (non-hydrogen) atoms. The van der Waals surface area contributed by atoms with Crippen molar-refractivity contribution in [2.24, 2.45) is 4.99 Å². The molecule has 2 heterocycles. The van der Waals surface area contributed by atoms with Crippen molar-refractivity contribution in [2.45, 2.75) is 26.3 Å². The van der Waals surface area contributed by atoms with Crippen molar-refractivity contribution in [1.82, 2.24) is 26.0 Å². The first kappa shape index (κ1) is 20.2. The topological polar surface area (TPSA) is 112 Å². The van der Waals surface area contributed by atoms with Gasteiger partial charge >= 0.3 is 6.03 Å². The van der Waals surface area contributed by atoms with Crippen molar-refractivity contribution in [3.05, 3.63) is 17.5 Å². The minimum Gasteiger partial charge on any atom is -0.359 e. The van der Waals surface area contributed by atoms with Crippen LogP contribution in [0.5, 0.6) is 0 Å². The van der Waals surface area contributed by atoms with E-state index in [1.165, 1.54) is 4.90 Å². The summed E-state index contributed by atoms with van der Waals surface area (Å²) in [5.74, 6) is 1.36.